The molecule has 18 heavy (non-hydrogen) atoms. The molecule has 0 aliphatic rings. The Morgan fingerprint density at radius 2 is 1.83 bits per heavy atom. The van der Waals surface area contributed by atoms with Gasteiger partial charge in [0.05, 0.1) is 0 Å². The quantitative estimate of drug-likeness (QED) is 0.783. The van der Waals surface area contributed by atoms with Gasteiger partial charge in [0.15, 0.2) is 0 Å². The van der Waals surface area contributed by atoms with Crippen molar-refractivity contribution in [3.8, 4) is 0 Å². The highest BCUT2D eigenvalue weighted by molar-refractivity contribution is 7.85. The van der Waals surface area contributed by atoms with E-state index in [4.69, 9.17) is 0 Å². The molecule has 0 aliphatic carbocycles. The lowest BCUT2D eigenvalue weighted by atomic mass is 10.1. The Balaban J connectivity index is 2.70. The number of hydrogen-bond acceptors (Lipinski definition) is 2. The highest BCUT2D eigenvalue weighted by atomic mass is 32.2. The molecule has 0 bridgehead atoms. The van der Waals surface area contributed by atoms with Crippen LogP contribution >= 0.6 is 0 Å². The highest BCUT2D eigenvalue weighted by Crippen LogP contribution is 2.15. The third-order valence-corrected chi connectivity index (χ3v) is 4.47. The molecule has 0 radical (unpaired) electrons. The van der Waals surface area contributed by atoms with E-state index in [0.29, 0.717) is 0 Å². The zero-order chi connectivity index (χ0) is 13.4. The molecule has 0 saturated heterocycles. The summed E-state index contributed by atoms with van der Waals surface area (Å²) < 4.78 is 11.9. The van der Waals surface area contributed by atoms with E-state index < -0.39 is 10.8 Å². The van der Waals surface area contributed by atoms with Gasteiger partial charge in [0, 0.05) is 28.3 Å². The molecule has 1 aromatic rings. The first kappa shape index (κ1) is 15.4. The predicted octanol–water partition coefficient (Wildman–Crippen LogP) is 3.19. The summed E-state index contributed by atoms with van der Waals surface area (Å²) in [5.41, 5.74) is 2.51. The molecule has 0 aliphatic heterocycles. The maximum absolute atomic E-state index is 11.9. The summed E-state index contributed by atoms with van der Waals surface area (Å²) in [6.45, 7) is 7.30. The van der Waals surface area contributed by atoms with E-state index in [0.717, 1.165) is 30.9 Å². The van der Waals surface area contributed by atoms with E-state index in [2.05, 4.69) is 50.4 Å². The zero-order valence-corrected chi connectivity index (χ0v) is 12.6. The molecule has 3 heteroatoms. The number of aryl methyl sites for hydroxylation is 1. The lowest BCUT2D eigenvalue weighted by Gasteiger charge is -2.18. The smallest absolute Gasteiger partial charge is 0.0436 e. The van der Waals surface area contributed by atoms with Crippen molar-refractivity contribution in [3.63, 3.8) is 0 Å². The van der Waals surface area contributed by atoms with Crippen molar-refractivity contribution in [2.45, 2.75) is 39.7 Å². The van der Waals surface area contributed by atoms with E-state index >= 15 is 0 Å². The molecule has 0 amide bonds. The van der Waals surface area contributed by atoms with Gasteiger partial charge in [-0.3, -0.25) is 4.21 Å². The molecule has 0 heterocycles. The third kappa shape index (κ3) is 5.32. The fraction of sp³-hybridized carbons (Fsp3) is 0.600. The Morgan fingerprint density at radius 1 is 1.17 bits per heavy atom. The Labute approximate surface area is 114 Å². The van der Waals surface area contributed by atoms with Gasteiger partial charge in [0.1, 0.15) is 0 Å². The molecule has 2 atom stereocenters. The first-order chi connectivity index (χ1) is 8.67. The highest BCUT2D eigenvalue weighted by Gasteiger charge is 2.13. The maximum atomic E-state index is 11.9. The normalized spacial score (nSPS) is 14.4. The number of rotatable bonds is 8. The number of hydrogen-bond donors (Lipinski definition) is 1. The monoisotopic (exact) mass is 267 g/mol. The second kappa shape index (κ2) is 8.44. The molecule has 0 saturated carbocycles. The molecule has 1 aromatic carbocycles. The van der Waals surface area contributed by atoms with Gasteiger partial charge in [-0.05, 0) is 31.9 Å². The molecular weight excluding hydrogens is 242 g/mol. The summed E-state index contributed by atoms with van der Waals surface area (Å²) in [6, 6.07) is 8.76. The van der Waals surface area contributed by atoms with Gasteiger partial charge >= 0.3 is 0 Å². The van der Waals surface area contributed by atoms with Crippen LogP contribution in [0.5, 0.6) is 0 Å². The summed E-state index contributed by atoms with van der Waals surface area (Å²) in [7, 11) is -0.722. The topological polar surface area (TPSA) is 29.1 Å². The summed E-state index contributed by atoms with van der Waals surface area (Å²) >= 11 is 0. The fourth-order valence-corrected chi connectivity index (χ4v) is 3.19. The van der Waals surface area contributed by atoms with Crippen LogP contribution in [0.25, 0.3) is 0 Å². The van der Waals surface area contributed by atoms with Crippen LogP contribution in [-0.2, 0) is 10.8 Å². The average molecular weight is 267 g/mol. The summed E-state index contributed by atoms with van der Waals surface area (Å²) in [5.74, 6) is 1.52. The average Bonchev–Trinajstić information content (AvgIpc) is 2.36. The van der Waals surface area contributed by atoms with Crippen molar-refractivity contribution >= 4 is 10.8 Å². The van der Waals surface area contributed by atoms with E-state index in [1.165, 1.54) is 11.1 Å². The Bertz CT molecular complexity index is 361. The molecule has 1 rings (SSSR count). The van der Waals surface area contributed by atoms with Gasteiger partial charge < -0.3 is 5.32 Å². The minimum atomic E-state index is -0.722. The van der Waals surface area contributed by atoms with Crippen molar-refractivity contribution < 1.29 is 4.21 Å². The molecule has 1 N–H and O–H groups in total. The van der Waals surface area contributed by atoms with Crippen LogP contribution in [0, 0.1) is 6.92 Å². The second-order valence-electron chi connectivity index (χ2n) is 4.73. The first-order valence-electron chi connectivity index (χ1n) is 6.82. The third-order valence-electron chi connectivity index (χ3n) is 2.90. The van der Waals surface area contributed by atoms with Crippen molar-refractivity contribution in [1.82, 2.24) is 5.32 Å². The fourth-order valence-electron chi connectivity index (χ4n) is 1.89. The van der Waals surface area contributed by atoms with Crippen LogP contribution < -0.4 is 5.32 Å². The lowest BCUT2D eigenvalue weighted by molar-refractivity contribution is 0.569. The van der Waals surface area contributed by atoms with Crippen LogP contribution in [0.1, 0.15) is 43.9 Å². The minimum Gasteiger partial charge on any atom is -0.309 e. The molecule has 102 valence electrons. The van der Waals surface area contributed by atoms with Crippen LogP contribution in [-0.4, -0.2) is 22.3 Å². The summed E-state index contributed by atoms with van der Waals surface area (Å²) in [4.78, 5) is 0. The Morgan fingerprint density at radius 3 is 2.39 bits per heavy atom. The summed E-state index contributed by atoms with van der Waals surface area (Å²) in [5, 5.41) is 3.50. The molecular formula is C15H25NOS. The molecule has 2 unspecified atom stereocenters. The van der Waals surface area contributed by atoms with Crippen LogP contribution in [0.3, 0.4) is 0 Å². The van der Waals surface area contributed by atoms with Crippen LogP contribution in [0.15, 0.2) is 24.3 Å². The first-order valence-corrected chi connectivity index (χ1v) is 8.31. The van der Waals surface area contributed by atoms with Crippen molar-refractivity contribution in [3.05, 3.63) is 35.4 Å². The SMILES string of the molecule is CCCNC(CS(=O)CCC)c1ccc(C)cc1. The van der Waals surface area contributed by atoms with Gasteiger partial charge in [-0.15, -0.1) is 0 Å². The van der Waals surface area contributed by atoms with Gasteiger partial charge in [0.2, 0.25) is 0 Å². The molecule has 2 nitrogen and oxygen atoms in total. The molecule has 0 fully saturated rings. The largest absolute Gasteiger partial charge is 0.309 e. The standard InChI is InChI=1S/C15H25NOS/c1-4-10-16-15(12-18(17)11-5-2)14-8-6-13(3)7-9-14/h6-9,15-16H,4-5,10-12H2,1-3H3. The number of nitrogens with one attached hydrogen (secondary N) is 1. The number of benzene rings is 1. The van der Waals surface area contributed by atoms with Gasteiger partial charge in [-0.25, -0.2) is 0 Å². The van der Waals surface area contributed by atoms with E-state index in [1.54, 1.807) is 0 Å². The van der Waals surface area contributed by atoms with Crippen molar-refractivity contribution in [2.75, 3.05) is 18.1 Å². The van der Waals surface area contributed by atoms with E-state index in [-0.39, 0.29) is 6.04 Å². The lowest BCUT2D eigenvalue weighted by Crippen LogP contribution is -2.27. The van der Waals surface area contributed by atoms with E-state index in [9.17, 15) is 4.21 Å². The van der Waals surface area contributed by atoms with Crippen molar-refractivity contribution in [1.29, 1.82) is 0 Å². The maximum Gasteiger partial charge on any atom is 0.0436 e. The Kier molecular flexibility index (Phi) is 7.21. The van der Waals surface area contributed by atoms with Crippen LogP contribution in [0.2, 0.25) is 0 Å². The van der Waals surface area contributed by atoms with Gasteiger partial charge in [-0.2, -0.15) is 0 Å². The predicted molar refractivity (Wildman–Crippen MR) is 80.4 cm³/mol. The zero-order valence-electron chi connectivity index (χ0n) is 11.7. The minimum absolute atomic E-state index is 0.220. The Hall–Kier alpha value is -0.670. The molecule has 0 aromatic heterocycles. The van der Waals surface area contributed by atoms with Gasteiger partial charge in [0.25, 0.3) is 0 Å². The van der Waals surface area contributed by atoms with Crippen molar-refractivity contribution in [2.24, 2.45) is 0 Å². The molecule has 0 spiro atoms. The second-order valence-corrected chi connectivity index (χ2v) is 6.35. The van der Waals surface area contributed by atoms with E-state index in [1.807, 2.05) is 0 Å². The summed E-state index contributed by atoms with van der Waals surface area (Å²) in [6.07, 6.45) is 2.09. The van der Waals surface area contributed by atoms with Crippen LogP contribution in [0.4, 0.5) is 0 Å². The van der Waals surface area contributed by atoms with Gasteiger partial charge in [-0.1, -0.05) is 43.7 Å².